The molecule has 6 aromatic carbocycles. The van der Waals surface area contributed by atoms with E-state index in [0.717, 1.165) is 12.7 Å². The highest BCUT2D eigenvalue weighted by Crippen LogP contribution is 2.45. The Kier molecular flexibility index (Phi) is 7.65. The minimum Gasteiger partial charge on any atom is -0.299 e. The highest BCUT2D eigenvalue weighted by atomic mass is 31.1. The van der Waals surface area contributed by atoms with Crippen molar-refractivity contribution in [3.05, 3.63) is 145 Å². The normalized spacial score (nSPS) is 14.2. The highest BCUT2D eigenvalue weighted by molar-refractivity contribution is 7.72. The molecule has 0 radical (unpaired) electrons. The van der Waals surface area contributed by atoms with Crippen molar-refractivity contribution in [2.24, 2.45) is 0 Å². The van der Waals surface area contributed by atoms with Crippen molar-refractivity contribution >= 4 is 40.1 Å². The second kappa shape index (κ2) is 12.0. The van der Waals surface area contributed by atoms with Crippen LogP contribution in [0.4, 0.5) is 0 Å². The van der Waals surface area contributed by atoms with E-state index in [9.17, 15) is 0 Å². The zero-order valence-electron chi connectivity index (χ0n) is 23.5. The van der Waals surface area contributed by atoms with Crippen LogP contribution in [0.3, 0.4) is 0 Å². The Balaban J connectivity index is 1.46. The fourth-order valence-corrected chi connectivity index (χ4v) is 8.90. The molecule has 7 rings (SSSR count). The van der Waals surface area contributed by atoms with Crippen LogP contribution in [0.2, 0.25) is 0 Å². The third-order valence-corrected chi connectivity index (χ3v) is 11.1. The third kappa shape index (κ3) is 5.45. The van der Waals surface area contributed by atoms with E-state index in [1.54, 1.807) is 0 Å². The quantitative estimate of drug-likeness (QED) is 0.179. The topological polar surface area (TPSA) is 3.24 Å². The minimum atomic E-state index is -0.569. The van der Waals surface area contributed by atoms with Crippen LogP contribution in [0.5, 0.6) is 0 Å². The molecule has 1 aliphatic heterocycles. The summed E-state index contributed by atoms with van der Waals surface area (Å²) in [6.45, 7) is 3.40. The maximum absolute atomic E-state index is 2.67. The predicted octanol–water partition coefficient (Wildman–Crippen LogP) is 9.28. The number of nitrogens with zero attached hydrogens (tertiary/aromatic N) is 1. The lowest BCUT2D eigenvalue weighted by Crippen LogP contribution is -2.29. The molecule has 0 aromatic heterocycles. The highest BCUT2D eigenvalue weighted by Gasteiger charge is 2.22. The van der Waals surface area contributed by atoms with Crippen molar-refractivity contribution in [3.63, 3.8) is 0 Å². The molecule has 0 unspecified atom stereocenters. The lowest BCUT2D eigenvalue weighted by atomic mass is 9.87. The summed E-state index contributed by atoms with van der Waals surface area (Å²) in [5.74, 6) is 0. The van der Waals surface area contributed by atoms with E-state index in [2.05, 4.69) is 138 Å². The Morgan fingerprint density at radius 1 is 0.463 bits per heavy atom. The summed E-state index contributed by atoms with van der Waals surface area (Å²) in [7, 11) is -0.569. The Morgan fingerprint density at radius 3 is 1.54 bits per heavy atom. The van der Waals surface area contributed by atoms with Gasteiger partial charge in [-0.15, -0.1) is 0 Å². The SMILES string of the molecule is c1ccc(P(Cc2ccc3ccccc3c2-c2c(CN3CCCCC3)ccc3ccccc23)c2ccccc2)cc1. The summed E-state index contributed by atoms with van der Waals surface area (Å²) < 4.78 is 0. The van der Waals surface area contributed by atoms with Crippen LogP contribution in [-0.2, 0) is 12.7 Å². The maximum atomic E-state index is 2.67. The molecule has 1 aliphatic rings. The summed E-state index contributed by atoms with van der Waals surface area (Å²) in [6, 6.07) is 49.8. The summed E-state index contributed by atoms with van der Waals surface area (Å²) in [4.78, 5) is 2.67. The van der Waals surface area contributed by atoms with E-state index < -0.39 is 7.92 Å². The van der Waals surface area contributed by atoms with Gasteiger partial charge >= 0.3 is 0 Å². The van der Waals surface area contributed by atoms with Crippen molar-refractivity contribution < 1.29 is 0 Å². The fourth-order valence-electron chi connectivity index (χ4n) is 6.56. The molecule has 202 valence electrons. The number of rotatable bonds is 7. The monoisotopic (exact) mass is 549 g/mol. The van der Waals surface area contributed by atoms with Gasteiger partial charge in [-0.2, -0.15) is 0 Å². The van der Waals surface area contributed by atoms with Crippen LogP contribution < -0.4 is 10.6 Å². The smallest absolute Gasteiger partial charge is 0.0240 e. The molecule has 0 atom stereocenters. The molecule has 1 saturated heterocycles. The predicted molar refractivity (Wildman–Crippen MR) is 179 cm³/mol. The number of benzene rings is 6. The van der Waals surface area contributed by atoms with Crippen LogP contribution in [0.25, 0.3) is 32.7 Å². The fraction of sp³-hybridized carbons (Fsp3) is 0.179. The first-order valence-electron chi connectivity index (χ1n) is 15.0. The van der Waals surface area contributed by atoms with Crippen molar-refractivity contribution in [2.45, 2.75) is 32.0 Å². The molecule has 0 aliphatic carbocycles. The molecular formula is C39H36NP. The Bertz CT molecular complexity index is 1730. The molecule has 1 heterocycles. The second-order valence-electron chi connectivity index (χ2n) is 11.2. The van der Waals surface area contributed by atoms with Crippen LogP contribution in [0, 0.1) is 0 Å². The molecule has 1 nitrogen and oxygen atoms in total. The van der Waals surface area contributed by atoms with E-state index in [4.69, 9.17) is 0 Å². The molecule has 2 heteroatoms. The minimum absolute atomic E-state index is 0.569. The largest absolute Gasteiger partial charge is 0.299 e. The van der Waals surface area contributed by atoms with E-state index in [1.165, 1.54) is 86.8 Å². The molecule has 0 spiro atoms. The van der Waals surface area contributed by atoms with Crippen molar-refractivity contribution in [1.29, 1.82) is 0 Å². The average molecular weight is 550 g/mol. The van der Waals surface area contributed by atoms with Gasteiger partial charge in [0.25, 0.3) is 0 Å². The van der Waals surface area contributed by atoms with E-state index in [1.807, 2.05) is 0 Å². The molecular weight excluding hydrogens is 513 g/mol. The second-order valence-corrected chi connectivity index (χ2v) is 13.4. The third-order valence-electron chi connectivity index (χ3n) is 8.59. The first-order valence-corrected chi connectivity index (χ1v) is 16.5. The van der Waals surface area contributed by atoms with Gasteiger partial charge in [0.15, 0.2) is 0 Å². The number of hydrogen-bond acceptors (Lipinski definition) is 1. The standard InChI is InChI=1S/C39H36NP/c1-4-16-34(17-5-1)41(35-18-6-2-7-19-35)29-33-25-23-31-15-9-11-21-37(31)39(33)38-32(28-40-26-12-3-13-27-40)24-22-30-14-8-10-20-36(30)38/h1-2,4-11,14-25H,3,12-13,26-29H2. The average Bonchev–Trinajstić information content (AvgIpc) is 3.05. The first-order chi connectivity index (χ1) is 20.3. The van der Waals surface area contributed by atoms with E-state index in [0.29, 0.717) is 0 Å². The number of piperidine rings is 1. The number of fused-ring (bicyclic) bond motifs is 2. The van der Waals surface area contributed by atoms with Gasteiger partial charge in [0.2, 0.25) is 0 Å². The summed E-state index contributed by atoms with van der Waals surface area (Å²) in [5.41, 5.74) is 5.74. The molecule has 6 aromatic rings. The van der Waals surface area contributed by atoms with Gasteiger partial charge in [0.05, 0.1) is 0 Å². The Morgan fingerprint density at radius 2 is 0.951 bits per heavy atom. The van der Waals surface area contributed by atoms with Gasteiger partial charge in [-0.05, 0) is 88.3 Å². The molecule has 0 bridgehead atoms. The van der Waals surface area contributed by atoms with Crippen LogP contribution in [-0.4, -0.2) is 18.0 Å². The number of hydrogen-bond donors (Lipinski definition) is 0. The summed E-state index contributed by atoms with van der Waals surface area (Å²) >= 11 is 0. The zero-order valence-corrected chi connectivity index (χ0v) is 24.4. The molecule has 0 saturated carbocycles. The Labute approximate surface area is 245 Å². The number of likely N-dealkylation sites (tertiary alicyclic amines) is 1. The maximum Gasteiger partial charge on any atom is 0.0240 e. The Hall–Kier alpha value is -3.77. The van der Waals surface area contributed by atoms with Crippen molar-refractivity contribution in [1.82, 2.24) is 4.90 Å². The van der Waals surface area contributed by atoms with Crippen LogP contribution in [0.1, 0.15) is 30.4 Å². The van der Waals surface area contributed by atoms with Crippen LogP contribution in [0.15, 0.2) is 133 Å². The molecule has 1 fully saturated rings. The lowest BCUT2D eigenvalue weighted by molar-refractivity contribution is 0.221. The van der Waals surface area contributed by atoms with Gasteiger partial charge in [-0.1, -0.05) is 140 Å². The van der Waals surface area contributed by atoms with Gasteiger partial charge in [-0.25, -0.2) is 0 Å². The molecule has 0 amide bonds. The van der Waals surface area contributed by atoms with Crippen LogP contribution >= 0.6 is 7.92 Å². The summed E-state index contributed by atoms with van der Waals surface area (Å²) in [6.07, 6.45) is 4.98. The van der Waals surface area contributed by atoms with E-state index >= 15 is 0 Å². The van der Waals surface area contributed by atoms with Gasteiger partial charge in [-0.3, -0.25) is 4.90 Å². The summed E-state index contributed by atoms with van der Waals surface area (Å²) in [5, 5.41) is 8.21. The molecule has 0 N–H and O–H groups in total. The molecule has 41 heavy (non-hydrogen) atoms. The van der Waals surface area contributed by atoms with Crippen molar-refractivity contribution in [2.75, 3.05) is 13.1 Å². The van der Waals surface area contributed by atoms with E-state index in [-0.39, 0.29) is 0 Å². The lowest BCUT2D eigenvalue weighted by Gasteiger charge is -2.29. The van der Waals surface area contributed by atoms with Gasteiger partial charge < -0.3 is 0 Å². The van der Waals surface area contributed by atoms with Crippen molar-refractivity contribution in [3.8, 4) is 11.1 Å². The zero-order chi connectivity index (χ0) is 27.4. The first kappa shape index (κ1) is 26.1. The van der Waals surface area contributed by atoms with Gasteiger partial charge in [0.1, 0.15) is 0 Å². The van der Waals surface area contributed by atoms with Gasteiger partial charge in [0, 0.05) is 12.7 Å².